The van der Waals surface area contributed by atoms with Crippen LogP contribution >= 0.6 is 15.9 Å². The number of aliphatic hydroxyl groups is 1. The number of hydrogen-bond donors (Lipinski definition) is 3. The van der Waals surface area contributed by atoms with E-state index in [0.29, 0.717) is 18.4 Å². The Balaban J connectivity index is 1.97. The average molecular weight is 329 g/mol. The molecule has 2 unspecified atom stereocenters. The van der Waals surface area contributed by atoms with E-state index in [1.165, 1.54) is 12.8 Å². The predicted molar refractivity (Wildman–Crippen MR) is 80.3 cm³/mol. The van der Waals surface area contributed by atoms with Crippen LogP contribution in [0.4, 0.5) is 11.6 Å². The Morgan fingerprint density at radius 2 is 1.95 bits per heavy atom. The molecule has 1 aromatic heterocycles. The van der Waals surface area contributed by atoms with Crippen molar-refractivity contribution in [1.82, 2.24) is 9.97 Å². The molecule has 19 heavy (non-hydrogen) atoms. The van der Waals surface area contributed by atoms with Gasteiger partial charge in [-0.2, -0.15) is 0 Å². The fourth-order valence-electron chi connectivity index (χ4n) is 2.63. The van der Waals surface area contributed by atoms with Crippen molar-refractivity contribution in [3.63, 3.8) is 0 Å². The molecule has 3 N–H and O–H groups in total. The quantitative estimate of drug-likeness (QED) is 0.748. The lowest BCUT2D eigenvalue weighted by Gasteiger charge is -2.19. The Morgan fingerprint density at radius 3 is 2.63 bits per heavy atom. The maximum atomic E-state index is 9.33. The fraction of sp³-hybridized carbons (Fsp3) is 0.692. The summed E-state index contributed by atoms with van der Waals surface area (Å²) in [5, 5.41) is 15.9. The lowest BCUT2D eigenvalue weighted by atomic mass is 9.97. The maximum Gasteiger partial charge on any atom is 0.145 e. The lowest BCUT2D eigenvalue weighted by molar-refractivity contribution is 0.199. The van der Waals surface area contributed by atoms with Gasteiger partial charge in [-0.05, 0) is 47.5 Å². The number of anilines is 2. The molecule has 6 heteroatoms. The van der Waals surface area contributed by atoms with Crippen LogP contribution in [0.3, 0.4) is 0 Å². The lowest BCUT2D eigenvalue weighted by Crippen LogP contribution is -2.21. The normalized spacial score (nSPS) is 22.5. The monoisotopic (exact) mass is 328 g/mol. The van der Waals surface area contributed by atoms with E-state index >= 15 is 0 Å². The highest BCUT2D eigenvalue weighted by molar-refractivity contribution is 9.10. The summed E-state index contributed by atoms with van der Waals surface area (Å²) in [6, 6.07) is 0. The number of hydrogen-bond acceptors (Lipinski definition) is 5. The predicted octanol–water partition coefficient (Wildman–Crippen LogP) is 2.49. The molecule has 0 amide bonds. The van der Waals surface area contributed by atoms with Gasteiger partial charge in [0.2, 0.25) is 0 Å². The first-order chi connectivity index (χ1) is 9.26. The van der Waals surface area contributed by atoms with Gasteiger partial charge in [-0.1, -0.05) is 6.42 Å². The van der Waals surface area contributed by atoms with Crippen molar-refractivity contribution in [1.29, 1.82) is 0 Å². The van der Waals surface area contributed by atoms with Gasteiger partial charge in [-0.15, -0.1) is 0 Å². The van der Waals surface area contributed by atoms with Crippen molar-refractivity contribution in [3.05, 3.63) is 10.8 Å². The summed E-state index contributed by atoms with van der Waals surface area (Å²) >= 11 is 3.52. The third-order valence-corrected chi connectivity index (χ3v) is 4.47. The molecule has 1 aromatic rings. The van der Waals surface area contributed by atoms with Crippen molar-refractivity contribution < 1.29 is 5.11 Å². The molecule has 0 spiro atoms. The summed E-state index contributed by atoms with van der Waals surface area (Å²) < 4.78 is 0.871. The zero-order valence-electron chi connectivity index (χ0n) is 11.2. The summed E-state index contributed by atoms with van der Waals surface area (Å²) in [6.07, 6.45) is 5.09. The highest BCUT2D eigenvalue weighted by atomic mass is 79.9. The van der Waals surface area contributed by atoms with E-state index in [0.717, 1.165) is 35.6 Å². The molecule has 106 valence electrons. The first kappa shape index (κ1) is 14.5. The Labute approximate surface area is 122 Å². The van der Waals surface area contributed by atoms with Crippen LogP contribution in [0.1, 0.15) is 26.2 Å². The minimum absolute atomic E-state index is 0.292. The van der Waals surface area contributed by atoms with Crippen LogP contribution in [0.25, 0.3) is 0 Å². The molecule has 1 aliphatic carbocycles. The van der Waals surface area contributed by atoms with Gasteiger partial charge >= 0.3 is 0 Å². The number of aromatic nitrogens is 2. The van der Waals surface area contributed by atoms with E-state index in [9.17, 15) is 5.11 Å². The molecule has 0 bridgehead atoms. The second-order valence-corrected chi connectivity index (χ2v) is 5.72. The van der Waals surface area contributed by atoms with Crippen molar-refractivity contribution in [2.24, 2.45) is 11.8 Å². The van der Waals surface area contributed by atoms with Crippen LogP contribution in [-0.4, -0.2) is 34.8 Å². The summed E-state index contributed by atoms with van der Waals surface area (Å²) in [6.45, 7) is 4.00. The van der Waals surface area contributed by atoms with Gasteiger partial charge in [0.25, 0.3) is 0 Å². The van der Waals surface area contributed by atoms with Gasteiger partial charge in [-0.3, -0.25) is 0 Å². The number of halogens is 1. The van der Waals surface area contributed by atoms with Crippen molar-refractivity contribution in [2.75, 3.05) is 30.3 Å². The molecular weight excluding hydrogens is 308 g/mol. The van der Waals surface area contributed by atoms with E-state index < -0.39 is 0 Å². The van der Waals surface area contributed by atoms with Gasteiger partial charge in [0, 0.05) is 19.7 Å². The Kier molecular flexibility index (Phi) is 5.39. The second kappa shape index (κ2) is 7.05. The molecule has 0 aromatic carbocycles. The minimum Gasteiger partial charge on any atom is -0.396 e. The summed E-state index contributed by atoms with van der Waals surface area (Å²) in [4.78, 5) is 8.45. The first-order valence-corrected chi connectivity index (χ1v) is 7.64. The number of nitrogens with zero attached hydrogens (tertiary/aromatic N) is 2. The van der Waals surface area contributed by atoms with E-state index in [1.54, 1.807) is 6.33 Å². The highest BCUT2D eigenvalue weighted by Crippen LogP contribution is 2.32. The molecule has 1 aliphatic rings. The SMILES string of the molecule is CCNc1ncnc(NCC2CCCC2CO)c1Br. The molecule has 0 radical (unpaired) electrons. The van der Waals surface area contributed by atoms with Gasteiger partial charge in [0.05, 0.1) is 0 Å². The van der Waals surface area contributed by atoms with Crippen LogP contribution in [0, 0.1) is 11.8 Å². The zero-order valence-corrected chi connectivity index (χ0v) is 12.8. The molecule has 5 nitrogen and oxygen atoms in total. The third kappa shape index (κ3) is 3.57. The molecular formula is C13H21BrN4O. The maximum absolute atomic E-state index is 9.33. The van der Waals surface area contributed by atoms with Gasteiger partial charge < -0.3 is 15.7 Å². The molecule has 1 saturated carbocycles. The summed E-state index contributed by atoms with van der Waals surface area (Å²) in [5.41, 5.74) is 0. The third-order valence-electron chi connectivity index (χ3n) is 3.72. The number of aliphatic hydroxyl groups excluding tert-OH is 1. The number of rotatable bonds is 6. The molecule has 1 fully saturated rings. The molecule has 1 heterocycles. The van der Waals surface area contributed by atoms with Crippen LogP contribution in [-0.2, 0) is 0 Å². The smallest absolute Gasteiger partial charge is 0.145 e. The van der Waals surface area contributed by atoms with E-state index in [-0.39, 0.29) is 0 Å². The van der Waals surface area contributed by atoms with Crippen LogP contribution in [0.15, 0.2) is 10.8 Å². The standard InChI is InChI=1S/C13H21BrN4O/c1-2-15-12-11(14)13(18-8-17-12)16-6-9-4-3-5-10(9)7-19/h8-10,19H,2-7H2,1H3,(H2,15,16,17,18). The van der Waals surface area contributed by atoms with Crippen molar-refractivity contribution in [2.45, 2.75) is 26.2 Å². The second-order valence-electron chi connectivity index (χ2n) is 4.93. The van der Waals surface area contributed by atoms with E-state index in [4.69, 9.17) is 0 Å². The molecule has 2 rings (SSSR count). The average Bonchev–Trinajstić information content (AvgIpc) is 2.87. The largest absolute Gasteiger partial charge is 0.396 e. The molecule has 0 aliphatic heterocycles. The Morgan fingerprint density at radius 1 is 1.26 bits per heavy atom. The zero-order chi connectivity index (χ0) is 13.7. The van der Waals surface area contributed by atoms with E-state index in [1.807, 2.05) is 6.92 Å². The first-order valence-electron chi connectivity index (χ1n) is 6.85. The topological polar surface area (TPSA) is 70.1 Å². The number of nitrogens with one attached hydrogen (secondary N) is 2. The Bertz CT molecular complexity index is 416. The van der Waals surface area contributed by atoms with Gasteiger partial charge in [0.15, 0.2) is 0 Å². The minimum atomic E-state index is 0.292. The van der Waals surface area contributed by atoms with E-state index in [2.05, 4.69) is 36.5 Å². The van der Waals surface area contributed by atoms with Crippen LogP contribution < -0.4 is 10.6 Å². The highest BCUT2D eigenvalue weighted by Gasteiger charge is 2.26. The van der Waals surface area contributed by atoms with Crippen LogP contribution in [0.5, 0.6) is 0 Å². The van der Waals surface area contributed by atoms with Crippen LogP contribution in [0.2, 0.25) is 0 Å². The molecule has 2 atom stereocenters. The van der Waals surface area contributed by atoms with Gasteiger partial charge in [0.1, 0.15) is 22.4 Å². The summed E-state index contributed by atoms with van der Waals surface area (Å²) in [5.74, 6) is 2.59. The summed E-state index contributed by atoms with van der Waals surface area (Å²) in [7, 11) is 0. The molecule has 0 saturated heterocycles. The van der Waals surface area contributed by atoms with Gasteiger partial charge in [-0.25, -0.2) is 9.97 Å². The van der Waals surface area contributed by atoms with Crippen molar-refractivity contribution in [3.8, 4) is 0 Å². The Hall–Kier alpha value is -0.880. The van der Waals surface area contributed by atoms with Crippen molar-refractivity contribution >= 4 is 27.6 Å². The fourth-order valence-corrected chi connectivity index (χ4v) is 3.12.